The normalized spacial score (nSPS) is 10.7. The van der Waals surface area contributed by atoms with Crippen LogP contribution >= 0.6 is 0 Å². The summed E-state index contributed by atoms with van der Waals surface area (Å²) in [6.07, 6.45) is 0. The molecule has 0 fully saturated rings. The van der Waals surface area contributed by atoms with Gasteiger partial charge in [0.15, 0.2) is 11.3 Å². The van der Waals surface area contributed by atoms with Crippen molar-refractivity contribution < 1.29 is 13.9 Å². The Kier molecular flexibility index (Phi) is 3.59. The van der Waals surface area contributed by atoms with Gasteiger partial charge in [-0.2, -0.15) is 0 Å². The summed E-state index contributed by atoms with van der Waals surface area (Å²) in [5.41, 5.74) is 1.74. The fraction of sp³-hybridized carbons (Fsp3) is 0.167. The predicted octanol–water partition coefficient (Wildman–Crippen LogP) is 3.79. The van der Waals surface area contributed by atoms with Crippen molar-refractivity contribution in [3.63, 3.8) is 0 Å². The van der Waals surface area contributed by atoms with Gasteiger partial charge in [-0.1, -0.05) is 30.3 Å². The van der Waals surface area contributed by atoms with E-state index in [1.54, 1.807) is 26.2 Å². The monoisotopic (exact) mass is 296 g/mol. The van der Waals surface area contributed by atoms with Gasteiger partial charge < -0.3 is 13.9 Å². The van der Waals surface area contributed by atoms with Crippen LogP contribution in [-0.4, -0.2) is 14.2 Å². The zero-order valence-corrected chi connectivity index (χ0v) is 12.7. The molecule has 0 saturated carbocycles. The maximum atomic E-state index is 12.9. The standard InChI is InChI=1S/C18H16O4/c1-11-15(12-7-5-4-6-8-12)16(19)13-9-10-14(20-2)18(21-3)17(13)22-11/h4-10H,1-3H3. The van der Waals surface area contributed by atoms with Crippen molar-refractivity contribution in [3.8, 4) is 22.6 Å². The molecule has 0 aliphatic heterocycles. The van der Waals surface area contributed by atoms with Crippen molar-refractivity contribution in [3.05, 3.63) is 58.4 Å². The number of rotatable bonds is 3. The van der Waals surface area contributed by atoms with Crippen LogP contribution < -0.4 is 14.9 Å². The summed E-state index contributed by atoms with van der Waals surface area (Å²) < 4.78 is 16.5. The second-order valence-corrected chi connectivity index (χ2v) is 4.91. The molecule has 0 aliphatic carbocycles. The van der Waals surface area contributed by atoms with Gasteiger partial charge in [-0.25, -0.2) is 0 Å². The zero-order chi connectivity index (χ0) is 15.7. The van der Waals surface area contributed by atoms with E-state index in [0.717, 1.165) is 5.56 Å². The second kappa shape index (κ2) is 5.56. The molecule has 0 atom stereocenters. The molecule has 3 aromatic rings. The molecule has 22 heavy (non-hydrogen) atoms. The number of hydrogen-bond acceptors (Lipinski definition) is 4. The van der Waals surface area contributed by atoms with Gasteiger partial charge >= 0.3 is 0 Å². The van der Waals surface area contributed by atoms with Crippen LogP contribution in [0.25, 0.3) is 22.1 Å². The minimum absolute atomic E-state index is 0.0779. The number of hydrogen-bond donors (Lipinski definition) is 0. The first-order chi connectivity index (χ1) is 10.7. The average molecular weight is 296 g/mol. The highest BCUT2D eigenvalue weighted by atomic mass is 16.5. The smallest absolute Gasteiger partial charge is 0.204 e. The van der Waals surface area contributed by atoms with E-state index >= 15 is 0 Å². The van der Waals surface area contributed by atoms with Gasteiger partial charge in [0, 0.05) is 0 Å². The van der Waals surface area contributed by atoms with Gasteiger partial charge in [0.25, 0.3) is 0 Å². The first-order valence-electron chi connectivity index (χ1n) is 6.91. The van der Waals surface area contributed by atoms with E-state index in [1.165, 1.54) is 7.11 Å². The fourth-order valence-electron chi connectivity index (χ4n) is 2.62. The molecule has 0 radical (unpaired) electrons. The molecule has 1 heterocycles. The van der Waals surface area contributed by atoms with Crippen LogP contribution in [0, 0.1) is 6.92 Å². The number of benzene rings is 2. The summed E-state index contributed by atoms with van der Waals surface area (Å²) >= 11 is 0. The third-order valence-electron chi connectivity index (χ3n) is 3.64. The Labute approximate surface area is 127 Å². The molecule has 4 heteroatoms. The van der Waals surface area contributed by atoms with E-state index in [9.17, 15) is 4.79 Å². The molecule has 0 bridgehead atoms. The largest absolute Gasteiger partial charge is 0.493 e. The molecule has 112 valence electrons. The Bertz CT molecular complexity index is 879. The maximum Gasteiger partial charge on any atom is 0.204 e. The van der Waals surface area contributed by atoms with Crippen molar-refractivity contribution >= 4 is 11.0 Å². The SMILES string of the molecule is COc1ccc2c(=O)c(-c3ccccc3)c(C)oc2c1OC. The lowest BCUT2D eigenvalue weighted by atomic mass is 10.0. The van der Waals surface area contributed by atoms with E-state index in [0.29, 0.717) is 33.8 Å². The fourth-order valence-corrected chi connectivity index (χ4v) is 2.62. The van der Waals surface area contributed by atoms with Gasteiger partial charge in [0.05, 0.1) is 25.2 Å². The van der Waals surface area contributed by atoms with Crippen molar-refractivity contribution in [2.75, 3.05) is 14.2 Å². The van der Waals surface area contributed by atoms with Crippen molar-refractivity contribution in [1.82, 2.24) is 0 Å². The molecule has 0 N–H and O–H groups in total. The molecular weight excluding hydrogens is 280 g/mol. The van der Waals surface area contributed by atoms with Crippen LogP contribution in [0.3, 0.4) is 0 Å². The van der Waals surface area contributed by atoms with Gasteiger partial charge in [-0.15, -0.1) is 0 Å². The van der Waals surface area contributed by atoms with Crippen LogP contribution in [0.2, 0.25) is 0 Å². The highest BCUT2D eigenvalue weighted by Crippen LogP contribution is 2.36. The maximum absolute atomic E-state index is 12.9. The summed E-state index contributed by atoms with van der Waals surface area (Å²) in [5, 5.41) is 0.474. The van der Waals surface area contributed by atoms with E-state index in [-0.39, 0.29) is 5.43 Å². The first kappa shape index (κ1) is 14.2. The van der Waals surface area contributed by atoms with Gasteiger partial charge in [-0.3, -0.25) is 4.79 Å². The van der Waals surface area contributed by atoms with Crippen LogP contribution in [0.15, 0.2) is 51.7 Å². The average Bonchev–Trinajstić information content (AvgIpc) is 2.54. The Morgan fingerprint density at radius 1 is 0.955 bits per heavy atom. The summed E-state index contributed by atoms with van der Waals surface area (Å²) in [4.78, 5) is 12.9. The van der Waals surface area contributed by atoms with Crippen LogP contribution in [0.5, 0.6) is 11.5 Å². The molecule has 0 aliphatic rings. The second-order valence-electron chi connectivity index (χ2n) is 4.91. The molecule has 0 saturated heterocycles. The van der Waals surface area contributed by atoms with Crippen LogP contribution in [0.1, 0.15) is 5.76 Å². The molecule has 2 aromatic carbocycles. The van der Waals surface area contributed by atoms with E-state index in [1.807, 2.05) is 30.3 Å². The molecule has 0 unspecified atom stereocenters. The zero-order valence-electron chi connectivity index (χ0n) is 12.7. The van der Waals surface area contributed by atoms with Crippen LogP contribution in [-0.2, 0) is 0 Å². The first-order valence-corrected chi connectivity index (χ1v) is 6.91. The quantitative estimate of drug-likeness (QED) is 0.738. The number of methoxy groups -OCH3 is 2. The highest BCUT2D eigenvalue weighted by Gasteiger charge is 2.18. The number of ether oxygens (including phenoxy) is 2. The highest BCUT2D eigenvalue weighted by molar-refractivity contribution is 5.89. The lowest BCUT2D eigenvalue weighted by Gasteiger charge is -2.12. The Hall–Kier alpha value is -2.75. The summed E-state index contributed by atoms with van der Waals surface area (Å²) in [6, 6.07) is 12.9. The predicted molar refractivity (Wildman–Crippen MR) is 85.8 cm³/mol. The lowest BCUT2D eigenvalue weighted by Crippen LogP contribution is -2.08. The number of aryl methyl sites for hydroxylation is 1. The summed E-state index contributed by atoms with van der Waals surface area (Å²) in [5.74, 6) is 1.51. The molecule has 1 aromatic heterocycles. The van der Waals surface area contributed by atoms with Crippen molar-refractivity contribution in [2.45, 2.75) is 6.92 Å². The van der Waals surface area contributed by atoms with E-state index < -0.39 is 0 Å². The van der Waals surface area contributed by atoms with Crippen molar-refractivity contribution in [2.24, 2.45) is 0 Å². The molecular formula is C18H16O4. The van der Waals surface area contributed by atoms with Gasteiger partial charge in [0.1, 0.15) is 5.76 Å². The van der Waals surface area contributed by atoms with E-state index in [2.05, 4.69) is 0 Å². The molecule has 0 spiro atoms. The van der Waals surface area contributed by atoms with E-state index in [4.69, 9.17) is 13.9 Å². The minimum atomic E-state index is -0.0779. The third-order valence-corrected chi connectivity index (χ3v) is 3.64. The minimum Gasteiger partial charge on any atom is -0.493 e. The van der Waals surface area contributed by atoms with Crippen molar-refractivity contribution in [1.29, 1.82) is 0 Å². The number of fused-ring (bicyclic) bond motifs is 1. The topological polar surface area (TPSA) is 48.7 Å². The molecule has 3 rings (SSSR count). The summed E-state index contributed by atoms with van der Waals surface area (Å²) in [6.45, 7) is 1.78. The van der Waals surface area contributed by atoms with Gasteiger partial charge in [-0.05, 0) is 24.6 Å². The van der Waals surface area contributed by atoms with Crippen LogP contribution in [0.4, 0.5) is 0 Å². The molecule has 4 nitrogen and oxygen atoms in total. The lowest BCUT2D eigenvalue weighted by molar-refractivity contribution is 0.352. The Morgan fingerprint density at radius 3 is 2.32 bits per heavy atom. The Morgan fingerprint density at radius 2 is 1.68 bits per heavy atom. The van der Waals surface area contributed by atoms with Gasteiger partial charge in [0.2, 0.25) is 11.2 Å². The summed E-state index contributed by atoms with van der Waals surface area (Å²) in [7, 11) is 3.07. The Balaban J connectivity index is 2.39. The third kappa shape index (κ3) is 2.13. The molecule has 0 amide bonds.